The van der Waals surface area contributed by atoms with Gasteiger partial charge in [0.1, 0.15) is 0 Å². The number of nitrogens with zero attached hydrogens (tertiary/aromatic N) is 1. The molecule has 2 aromatic heterocycles. The molecule has 2 heterocycles. The standard InChI is InChI=1S/C13H13N3O3S/c17-12(18)11(10-2-1-7-20-10)16-13(19)15-8-9-3-5-14-6-4-9/h1-7,11H,8H2,(H,17,18)(H2,15,16,19). The van der Waals surface area contributed by atoms with E-state index >= 15 is 0 Å². The first kappa shape index (κ1) is 14.0. The van der Waals surface area contributed by atoms with E-state index in [4.69, 9.17) is 5.11 Å². The van der Waals surface area contributed by atoms with E-state index in [2.05, 4.69) is 15.6 Å². The van der Waals surface area contributed by atoms with Gasteiger partial charge in [-0.05, 0) is 29.1 Å². The second kappa shape index (κ2) is 6.67. The SMILES string of the molecule is O=C(NCc1ccncc1)NC(C(=O)O)c1cccs1. The Balaban J connectivity index is 1.91. The fourth-order valence-electron chi connectivity index (χ4n) is 1.58. The molecule has 3 N–H and O–H groups in total. The maximum atomic E-state index is 11.7. The van der Waals surface area contributed by atoms with E-state index in [-0.39, 0.29) is 0 Å². The molecule has 1 atom stereocenters. The molecule has 0 aliphatic rings. The summed E-state index contributed by atoms with van der Waals surface area (Å²) in [7, 11) is 0. The van der Waals surface area contributed by atoms with Crippen LogP contribution in [0.4, 0.5) is 4.79 Å². The fraction of sp³-hybridized carbons (Fsp3) is 0.154. The molecule has 0 aliphatic carbocycles. The Hall–Kier alpha value is -2.41. The predicted octanol–water partition coefficient (Wildman–Crippen LogP) is 1.77. The third-order valence-corrected chi connectivity index (χ3v) is 3.49. The molecular weight excluding hydrogens is 278 g/mol. The summed E-state index contributed by atoms with van der Waals surface area (Å²) >= 11 is 1.28. The first-order valence-corrected chi connectivity index (χ1v) is 6.74. The Labute approximate surface area is 119 Å². The zero-order valence-electron chi connectivity index (χ0n) is 10.4. The van der Waals surface area contributed by atoms with Crippen LogP contribution in [0.1, 0.15) is 16.5 Å². The van der Waals surface area contributed by atoms with E-state index in [0.29, 0.717) is 11.4 Å². The molecule has 0 saturated heterocycles. The highest BCUT2D eigenvalue weighted by molar-refractivity contribution is 7.10. The molecule has 0 radical (unpaired) electrons. The molecule has 20 heavy (non-hydrogen) atoms. The zero-order valence-corrected chi connectivity index (χ0v) is 11.3. The van der Waals surface area contributed by atoms with Crippen LogP contribution in [-0.4, -0.2) is 22.1 Å². The van der Waals surface area contributed by atoms with Crippen molar-refractivity contribution >= 4 is 23.3 Å². The topological polar surface area (TPSA) is 91.3 Å². The van der Waals surface area contributed by atoms with Gasteiger partial charge >= 0.3 is 12.0 Å². The fourth-order valence-corrected chi connectivity index (χ4v) is 2.34. The van der Waals surface area contributed by atoms with Crippen LogP contribution < -0.4 is 10.6 Å². The van der Waals surface area contributed by atoms with Gasteiger partial charge in [0.05, 0.1) is 0 Å². The summed E-state index contributed by atoms with van der Waals surface area (Å²) in [4.78, 5) is 27.3. The Bertz CT molecular complexity index is 572. The van der Waals surface area contributed by atoms with Crippen LogP contribution >= 0.6 is 11.3 Å². The number of rotatable bonds is 5. The largest absolute Gasteiger partial charge is 0.479 e. The van der Waals surface area contributed by atoms with Crippen LogP contribution in [0.2, 0.25) is 0 Å². The van der Waals surface area contributed by atoms with Crippen molar-refractivity contribution in [2.24, 2.45) is 0 Å². The van der Waals surface area contributed by atoms with Gasteiger partial charge in [0, 0.05) is 23.8 Å². The number of hydrogen-bond donors (Lipinski definition) is 3. The van der Waals surface area contributed by atoms with E-state index in [1.807, 2.05) is 0 Å². The van der Waals surface area contributed by atoms with Crippen LogP contribution in [0.3, 0.4) is 0 Å². The van der Waals surface area contributed by atoms with Gasteiger partial charge in [0.25, 0.3) is 0 Å². The maximum absolute atomic E-state index is 11.7. The van der Waals surface area contributed by atoms with Crippen molar-refractivity contribution in [3.8, 4) is 0 Å². The summed E-state index contributed by atoms with van der Waals surface area (Å²) in [5.41, 5.74) is 0.887. The molecule has 0 aliphatic heterocycles. The normalized spacial score (nSPS) is 11.6. The number of urea groups is 1. The number of pyridine rings is 1. The van der Waals surface area contributed by atoms with Crippen LogP contribution in [0.25, 0.3) is 0 Å². The third kappa shape index (κ3) is 3.79. The average Bonchev–Trinajstić information content (AvgIpc) is 2.97. The number of carbonyl (C=O) groups excluding carboxylic acids is 1. The van der Waals surface area contributed by atoms with Crippen molar-refractivity contribution in [1.29, 1.82) is 0 Å². The number of thiophene rings is 1. The lowest BCUT2D eigenvalue weighted by Gasteiger charge is -2.13. The minimum atomic E-state index is -1.09. The van der Waals surface area contributed by atoms with Crippen molar-refractivity contribution in [3.05, 3.63) is 52.5 Å². The third-order valence-electron chi connectivity index (χ3n) is 2.55. The molecule has 104 valence electrons. The zero-order chi connectivity index (χ0) is 14.4. The summed E-state index contributed by atoms with van der Waals surface area (Å²) in [6.45, 7) is 0.311. The summed E-state index contributed by atoms with van der Waals surface area (Å²) in [6.07, 6.45) is 3.25. The number of carboxylic acid groups (broad SMARTS) is 1. The quantitative estimate of drug-likeness (QED) is 0.783. The molecule has 0 bridgehead atoms. The van der Waals surface area contributed by atoms with E-state index in [1.54, 1.807) is 42.0 Å². The van der Waals surface area contributed by atoms with Gasteiger partial charge in [0.2, 0.25) is 0 Å². The van der Waals surface area contributed by atoms with E-state index in [1.165, 1.54) is 11.3 Å². The number of aliphatic carboxylic acids is 1. The first-order chi connectivity index (χ1) is 9.66. The minimum absolute atomic E-state index is 0.311. The van der Waals surface area contributed by atoms with Crippen LogP contribution in [-0.2, 0) is 11.3 Å². The van der Waals surface area contributed by atoms with Crippen molar-refractivity contribution in [2.45, 2.75) is 12.6 Å². The van der Waals surface area contributed by atoms with Gasteiger partial charge in [-0.25, -0.2) is 9.59 Å². The molecule has 2 amide bonds. The summed E-state index contributed by atoms with van der Waals surface area (Å²) in [6, 6.07) is 5.40. The molecule has 7 heteroatoms. The lowest BCUT2D eigenvalue weighted by atomic mass is 10.2. The molecule has 2 rings (SSSR count). The molecule has 0 fully saturated rings. The highest BCUT2D eigenvalue weighted by atomic mass is 32.1. The van der Waals surface area contributed by atoms with Gasteiger partial charge < -0.3 is 15.7 Å². The van der Waals surface area contributed by atoms with Crippen molar-refractivity contribution < 1.29 is 14.7 Å². The van der Waals surface area contributed by atoms with Crippen LogP contribution in [0.15, 0.2) is 42.0 Å². The molecule has 2 aromatic rings. The highest BCUT2D eigenvalue weighted by Crippen LogP contribution is 2.18. The van der Waals surface area contributed by atoms with Gasteiger partial charge in [0.15, 0.2) is 6.04 Å². The summed E-state index contributed by atoms with van der Waals surface area (Å²) < 4.78 is 0. The second-order valence-corrected chi connectivity index (χ2v) is 4.95. The van der Waals surface area contributed by atoms with Crippen molar-refractivity contribution in [2.75, 3.05) is 0 Å². The van der Waals surface area contributed by atoms with Crippen molar-refractivity contribution in [1.82, 2.24) is 15.6 Å². The van der Waals surface area contributed by atoms with E-state index in [0.717, 1.165) is 5.56 Å². The molecule has 0 saturated carbocycles. The van der Waals surface area contributed by atoms with Gasteiger partial charge in [-0.15, -0.1) is 11.3 Å². The Morgan fingerprint density at radius 3 is 2.65 bits per heavy atom. The Morgan fingerprint density at radius 2 is 2.05 bits per heavy atom. The van der Waals surface area contributed by atoms with Crippen LogP contribution in [0, 0.1) is 0 Å². The number of amides is 2. The first-order valence-electron chi connectivity index (χ1n) is 5.86. The van der Waals surface area contributed by atoms with Gasteiger partial charge in [-0.3, -0.25) is 4.98 Å². The van der Waals surface area contributed by atoms with E-state index < -0.39 is 18.0 Å². The maximum Gasteiger partial charge on any atom is 0.331 e. The summed E-state index contributed by atoms with van der Waals surface area (Å²) in [5.74, 6) is -1.09. The van der Waals surface area contributed by atoms with Gasteiger partial charge in [-0.2, -0.15) is 0 Å². The predicted molar refractivity (Wildman–Crippen MR) is 74.3 cm³/mol. The summed E-state index contributed by atoms with van der Waals surface area (Å²) in [5, 5.41) is 15.9. The smallest absolute Gasteiger partial charge is 0.331 e. The molecule has 6 nitrogen and oxygen atoms in total. The van der Waals surface area contributed by atoms with Crippen LogP contribution in [0.5, 0.6) is 0 Å². The molecule has 1 unspecified atom stereocenters. The van der Waals surface area contributed by atoms with Crippen molar-refractivity contribution in [3.63, 3.8) is 0 Å². The number of aromatic nitrogens is 1. The van der Waals surface area contributed by atoms with E-state index in [9.17, 15) is 9.59 Å². The monoisotopic (exact) mass is 291 g/mol. The number of carboxylic acids is 1. The van der Waals surface area contributed by atoms with Gasteiger partial charge in [-0.1, -0.05) is 6.07 Å². The average molecular weight is 291 g/mol. The lowest BCUT2D eigenvalue weighted by molar-refractivity contribution is -0.139. The highest BCUT2D eigenvalue weighted by Gasteiger charge is 2.22. The second-order valence-electron chi connectivity index (χ2n) is 3.97. The number of hydrogen-bond acceptors (Lipinski definition) is 4. The Kier molecular flexibility index (Phi) is 4.67. The molecular formula is C13H13N3O3S. The lowest BCUT2D eigenvalue weighted by Crippen LogP contribution is -2.40. The minimum Gasteiger partial charge on any atom is -0.479 e. The Morgan fingerprint density at radius 1 is 1.30 bits per heavy atom. The molecule has 0 aromatic carbocycles. The number of nitrogens with one attached hydrogen (secondary N) is 2. The molecule has 0 spiro atoms. The number of carbonyl (C=O) groups is 2.